The average Bonchev–Trinajstić information content (AvgIpc) is 2.54. The van der Waals surface area contributed by atoms with Gasteiger partial charge in [-0.2, -0.15) is 0 Å². The number of hydrogen-bond donors (Lipinski definition) is 1. The molecule has 1 heterocycles. The van der Waals surface area contributed by atoms with Gasteiger partial charge < -0.3 is 5.32 Å². The van der Waals surface area contributed by atoms with E-state index >= 15 is 0 Å². The smallest absolute Gasteiger partial charge is 0.220 e. The van der Waals surface area contributed by atoms with Gasteiger partial charge in [0.15, 0.2) is 0 Å². The van der Waals surface area contributed by atoms with Crippen molar-refractivity contribution in [3.63, 3.8) is 0 Å². The highest BCUT2D eigenvalue weighted by molar-refractivity contribution is 5.76. The van der Waals surface area contributed by atoms with Crippen molar-refractivity contribution in [2.24, 2.45) is 5.92 Å². The summed E-state index contributed by atoms with van der Waals surface area (Å²) in [6, 6.07) is 0. The van der Waals surface area contributed by atoms with E-state index < -0.39 is 0 Å². The largest absolute Gasteiger partial charge is 0.345 e. The zero-order valence-corrected chi connectivity index (χ0v) is 13.3. The number of rotatable bonds is 5. The lowest BCUT2D eigenvalue weighted by molar-refractivity contribution is -0.121. The zero-order chi connectivity index (χ0) is 14.8. The molecule has 3 heteroatoms. The van der Waals surface area contributed by atoms with E-state index in [0.29, 0.717) is 13.0 Å². The highest BCUT2D eigenvalue weighted by Gasteiger charge is 2.14. The van der Waals surface area contributed by atoms with Crippen molar-refractivity contribution in [3.8, 4) is 11.8 Å². The third-order valence-electron chi connectivity index (χ3n) is 4.75. The summed E-state index contributed by atoms with van der Waals surface area (Å²) in [5, 5.41) is 2.93. The summed E-state index contributed by atoms with van der Waals surface area (Å²) < 4.78 is 0. The number of likely N-dealkylation sites (tertiary alicyclic amines) is 1. The van der Waals surface area contributed by atoms with Crippen LogP contribution in [0, 0.1) is 17.8 Å². The Balaban J connectivity index is 1.50. The molecule has 21 heavy (non-hydrogen) atoms. The molecule has 1 aliphatic carbocycles. The number of amides is 1. The van der Waals surface area contributed by atoms with E-state index in [4.69, 9.17) is 0 Å². The molecule has 1 N–H and O–H groups in total. The summed E-state index contributed by atoms with van der Waals surface area (Å²) in [5.41, 5.74) is 0. The third-order valence-corrected chi connectivity index (χ3v) is 4.75. The summed E-state index contributed by atoms with van der Waals surface area (Å²) in [4.78, 5) is 14.2. The van der Waals surface area contributed by atoms with Crippen molar-refractivity contribution in [2.75, 3.05) is 26.2 Å². The van der Waals surface area contributed by atoms with Crippen molar-refractivity contribution >= 4 is 5.91 Å². The molecule has 0 atom stereocenters. The monoisotopic (exact) mass is 290 g/mol. The van der Waals surface area contributed by atoms with Crippen LogP contribution in [-0.4, -0.2) is 37.0 Å². The molecule has 1 amide bonds. The van der Waals surface area contributed by atoms with Crippen LogP contribution in [0.2, 0.25) is 0 Å². The van der Waals surface area contributed by atoms with Crippen LogP contribution in [0.15, 0.2) is 0 Å². The van der Waals surface area contributed by atoms with Crippen LogP contribution >= 0.6 is 0 Å². The van der Waals surface area contributed by atoms with Crippen molar-refractivity contribution in [2.45, 2.75) is 64.2 Å². The fourth-order valence-corrected chi connectivity index (χ4v) is 3.39. The molecule has 0 aromatic rings. The lowest BCUT2D eigenvalue weighted by atomic mass is 9.86. The van der Waals surface area contributed by atoms with Crippen molar-refractivity contribution < 1.29 is 4.79 Å². The molecular weight excluding hydrogens is 260 g/mol. The fraction of sp³-hybridized carbons (Fsp3) is 0.833. The van der Waals surface area contributed by atoms with E-state index in [1.165, 1.54) is 64.5 Å². The van der Waals surface area contributed by atoms with Crippen LogP contribution in [0.4, 0.5) is 0 Å². The van der Waals surface area contributed by atoms with Crippen LogP contribution in [0.3, 0.4) is 0 Å². The first-order valence-corrected chi connectivity index (χ1v) is 8.79. The molecule has 2 aliphatic rings. The SMILES string of the molecule is O=C(CCC1CCCCC1)NCC#CCN1CCCCC1. The minimum absolute atomic E-state index is 0.174. The molecular formula is C18H30N2O. The van der Waals surface area contributed by atoms with Gasteiger partial charge >= 0.3 is 0 Å². The van der Waals surface area contributed by atoms with Gasteiger partial charge in [0.1, 0.15) is 0 Å². The van der Waals surface area contributed by atoms with Gasteiger partial charge in [-0.15, -0.1) is 0 Å². The van der Waals surface area contributed by atoms with Gasteiger partial charge in [0, 0.05) is 6.42 Å². The highest BCUT2D eigenvalue weighted by atomic mass is 16.1. The molecule has 2 rings (SSSR count). The molecule has 1 saturated carbocycles. The number of nitrogens with zero attached hydrogens (tertiary/aromatic N) is 1. The Labute approximate surface area is 129 Å². The molecule has 0 radical (unpaired) electrons. The fourth-order valence-electron chi connectivity index (χ4n) is 3.39. The van der Waals surface area contributed by atoms with E-state index in [-0.39, 0.29) is 5.91 Å². The Morgan fingerprint density at radius 2 is 1.71 bits per heavy atom. The summed E-state index contributed by atoms with van der Waals surface area (Å²) in [7, 11) is 0. The summed E-state index contributed by atoms with van der Waals surface area (Å²) >= 11 is 0. The Kier molecular flexibility index (Phi) is 7.67. The number of nitrogens with one attached hydrogen (secondary N) is 1. The first-order valence-electron chi connectivity index (χ1n) is 8.79. The molecule has 1 aliphatic heterocycles. The average molecular weight is 290 g/mol. The molecule has 2 fully saturated rings. The maximum absolute atomic E-state index is 11.8. The van der Waals surface area contributed by atoms with Gasteiger partial charge in [-0.25, -0.2) is 0 Å². The van der Waals surface area contributed by atoms with Crippen molar-refractivity contribution in [1.29, 1.82) is 0 Å². The quantitative estimate of drug-likeness (QED) is 0.790. The van der Waals surface area contributed by atoms with Crippen LogP contribution in [-0.2, 0) is 4.79 Å². The van der Waals surface area contributed by atoms with Gasteiger partial charge in [-0.1, -0.05) is 50.4 Å². The van der Waals surface area contributed by atoms with Gasteiger partial charge in [0.05, 0.1) is 13.1 Å². The Bertz CT molecular complexity index is 357. The molecule has 0 spiro atoms. The van der Waals surface area contributed by atoms with E-state index in [9.17, 15) is 4.79 Å². The lowest BCUT2D eigenvalue weighted by Crippen LogP contribution is -2.30. The Morgan fingerprint density at radius 1 is 1.00 bits per heavy atom. The molecule has 118 valence electrons. The van der Waals surface area contributed by atoms with Crippen molar-refractivity contribution in [3.05, 3.63) is 0 Å². The van der Waals surface area contributed by atoms with Crippen LogP contribution < -0.4 is 5.32 Å². The second kappa shape index (κ2) is 9.84. The van der Waals surface area contributed by atoms with E-state index in [1.807, 2.05) is 0 Å². The standard InChI is InChI=1S/C18H30N2O/c21-18(12-11-17-9-3-1-4-10-17)19-13-5-8-16-20-14-6-2-7-15-20/h17H,1-4,6-7,9-16H2,(H,19,21). The van der Waals surface area contributed by atoms with Gasteiger partial charge in [0.25, 0.3) is 0 Å². The molecule has 0 unspecified atom stereocenters. The number of carbonyl (C=O) groups excluding carboxylic acids is 1. The van der Waals surface area contributed by atoms with Crippen LogP contribution in [0.1, 0.15) is 64.2 Å². The topological polar surface area (TPSA) is 32.3 Å². The minimum atomic E-state index is 0.174. The van der Waals surface area contributed by atoms with E-state index in [1.54, 1.807) is 0 Å². The predicted molar refractivity (Wildman–Crippen MR) is 86.9 cm³/mol. The molecule has 0 aromatic heterocycles. The van der Waals surface area contributed by atoms with Crippen LogP contribution in [0.25, 0.3) is 0 Å². The maximum atomic E-state index is 11.8. The van der Waals surface area contributed by atoms with Crippen molar-refractivity contribution in [1.82, 2.24) is 10.2 Å². The second-order valence-electron chi connectivity index (χ2n) is 6.51. The number of carbonyl (C=O) groups is 1. The van der Waals surface area contributed by atoms with Gasteiger partial charge in [0.2, 0.25) is 5.91 Å². The number of hydrogen-bond acceptors (Lipinski definition) is 2. The third kappa shape index (κ3) is 7.00. The first kappa shape index (κ1) is 16.4. The molecule has 0 aromatic carbocycles. The lowest BCUT2D eigenvalue weighted by Gasteiger charge is -2.23. The normalized spacial score (nSPS) is 20.6. The Hall–Kier alpha value is -1.01. The van der Waals surface area contributed by atoms with E-state index in [0.717, 1.165) is 18.9 Å². The Morgan fingerprint density at radius 3 is 2.48 bits per heavy atom. The van der Waals surface area contributed by atoms with Gasteiger partial charge in [-0.3, -0.25) is 9.69 Å². The van der Waals surface area contributed by atoms with E-state index in [2.05, 4.69) is 22.1 Å². The minimum Gasteiger partial charge on any atom is -0.345 e. The summed E-state index contributed by atoms with van der Waals surface area (Å²) in [6.07, 6.45) is 12.5. The van der Waals surface area contributed by atoms with Crippen LogP contribution in [0.5, 0.6) is 0 Å². The van der Waals surface area contributed by atoms with Gasteiger partial charge in [-0.05, 0) is 38.3 Å². The molecule has 0 bridgehead atoms. The molecule has 1 saturated heterocycles. The maximum Gasteiger partial charge on any atom is 0.220 e. The summed E-state index contributed by atoms with van der Waals surface area (Å²) in [6.45, 7) is 3.74. The second-order valence-corrected chi connectivity index (χ2v) is 6.51. The molecule has 3 nitrogen and oxygen atoms in total. The highest BCUT2D eigenvalue weighted by Crippen LogP contribution is 2.27. The predicted octanol–water partition coefficient (Wildman–Crippen LogP) is 2.95. The number of piperidine rings is 1. The zero-order valence-electron chi connectivity index (χ0n) is 13.3. The first-order chi connectivity index (χ1) is 10.3. The summed E-state index contributed by atoms with van der Waals surface area (Å²) in [5.74, 6) is 7.22.